The Morgan fingerprint density at radius 3 is 2.45 bits per heavy atom. The van der Waals surface area contributed by atoms with Crippen LogP contribution < -0.4 is 11.3 Å². The Hall–Kier alpha value is -1.11. The molecule has 114 valence electrons. The van der Waals surface area contributed by atoms with E-state index in [-0.39, 0.29) is 6.04 Å². The highest BCUT2D eigenvalue weighted by molar-refractivity contribution is 5.26. The van der Waals surface area contributed by atoms with Crippen LogP contribution in [0.15, 0.2) is 24.3 Å². The topological polar surface area (TPSA) is 47.3 Å². The Labute approximate surface area is 117 Å². The van der Waals surface area contributed by atoms with E-state index in [4.69, 9.17) is 10.6 Å². The molecular weight excluding hydrogens is 269 g/mol. The quantitative estimate of drug-likeness (QED) is 0.625. The van der Waals surface area contributed by atoms with E-state index in [0.717, 1.165) is 12.1 Å². The highest BCUT2D eigenvalue weighted by Gasteiger charge is 2.33. The van der Waals surface area contributed by atoms with Crippen molar-refractivity contribution >= 4 is 0 Å². The molecular formula is C14H21F3N2O. The first-order chi connectivity index (χ1) is 9.26. The van der Waals surface area contributed by atoms with Crippen molar-refractivity contribution < 1.29 is 17.9 Å². The summed E-state index contributed by atoms with van der Waals surface area (Å²) in [7, 11) is 1.57. The van der Waals surface area contributed by atoms with Crippen molar-refractivity contribution in [1.29, 1.82) is 0 Å². The monoisotopic (exact) mass is 290 g/mol. The predicted octanol–water partition coefficient (Wildman–Crippen LogP) is 2.89. The third-order valence-electron chi connectivity index (χ3n) is 3.80. The van der Waals surface area contributed by atoms with Gasteiger partial charge in [0.25, 0.3) is 0 Å². The number of ether oxygens (including phenoxy) is 1. The highest BCUT2D eigenvalue weighted by Crippen LogP contribution is 2.30. The fourth-order valence-corrected chi connectivity index (χ4v) is 2.09. The first-order valence-electron chi connectivity index (χ1n) is 6.44. The summed E-state index contributed by atoms with van der Waals surface area (Å²) < 4.78 is 43.5. The maximum atomic E-state index is 12.7. The van der Waals surface area contributed by atoms with Crippen molar-refractivity contribution in [3.63, 3.8) is 0 Å². The Balaban J connectivity index is 2.96. The summed E-state index contributed by atoms with van der Waals surface area (Å²) in [4.78, 5) is 0. The number of hydrogen-bond acceptors (Lipinski definition) is 3. The molecule has 20 heavy (non-hydrogen) atoms. The third-order valence-corrected chi connectivity index (χ3v) is 3.80. The van der Waals surface area contributed by atoms with Gasteiger partial charge in [0.1, 0.15) is 0 Å². The number of nitrogens with one attached hydrogen (secondary N) is 1. The summed E-state index contributed by atoms with van der Waals surface area (Å²) in [6, 6.07) is 4.99. The summed E-state index contributed by atoms with van der Waals surface area (Å²) in [5.41, 5.74) is 2.02. The summed E-state index contributed by atoms with van der Waals surface area (Å²) in [6.07, 6.45) is -3.28. The number of rotatable bonds is 6. The van der Waals surface area contributed by atoms with E-state index in [0.29, 0.717) is 18.4 Å². The van der Waals surface area contributed by atoms with Gasteiger partial charge in [0, 0.05) is 7.11 Å². The second-order valence-electron chi connectivity index (χ2n) is 4.99. The lowest BCUT2D eigenvalue weighted by Crippen LogP contribution is -2.53. The number of benzene rings is 1. The molecule has 0 amide bonds. The summed E-state index contributed by atoms with van der Waals surface area (Å²) >= 11 is 0. The molecule has 1 aromatic carbocycles. The van der Waals surface area contributed by atoms with E-state index in [1.165, 1.54) is 6.07 Å². The molecule has 0 aliphatic carbocycles. The van der Waals surface area contributed by atoms with Crippen molar-refractivity contribution in [3.8, 4) is 0 Å². The SMILES string of the molecule is CCC(C)(OC)C(Cc1cccc(C(F)(F)F)c1)NN. The van der Waals surface area contributed by atoms with Crippen molar-refractivity contribution in [2.75, 3.05) is 7.11 Å². The van der Waals surface area contributed by atoms with Crippen molar-refractivity contribution in [3.05, 3.63) is 35.4 Å². The summed E-state index contributed by atoms with van der Waals surface area (Å²) in [6.45, 7) is 3.82. The van der Waals surface area contributed by atoms with Gasteiger partial charge in [-0.15, -0.1) is 0 Å². The standard InChI is InChI=1S/C14H21F3N2O/c1-4-13(2,20-3)12(19-18)9-10-6-5-7-11(8-10)14(15,16)17/h5-8,12,19H,4,9,18H2,1-3H3. The van der Waals surface area contributed by atoms with Crippen LogP contribution in [0.5, 0.6) is 0 Å². The lowest BCUT2D eigenvalue weighted by Gasteiger charge is -2.35. The maximum absolute atomic E-state index is 12.7. The molecule has 6 heteroatoms. The van der Waals surface area contributed by atoms with E-state index in [2.05, 4.69) is 5.43 Å². The van der Waals surface area contributed by atoms with Gasteiger partial charge in [-0.25, -0.2) is 0 Å². The van der Waals surface area contributed by atoms with E-state index >= 15 is 0 Å². The lowest BCUT2D eigenvalue weighted by molar-refractivity contribution is -0.137. The van der Waals surface area contributed by atoms with Gasteiger partial charge in [-0.3, -0.25) is 11.3 Å². The number of nitrogens with two attached hydrogens (primary N) is 1. The Bertz CT molecular complexity index is 431. The second kappa shape index (κ2) is 6.56. The van der Waals surface area contributed by atoms with Crippen LogP contribution in [0.3, 0.4) is 0 Å². The molecule has 0 radical (unpaired) electrons. The molecule has 0 saturated heterocycles. The molecule has 3 N–H and O–H groups in total. The van der Waals surface area contributed by atoms with Crippen molar-refractivity contribution in [1.82, 2.24) is 5.43 Å². The van der Waals surface area contributed by atoms with Crippen LogP contribution in [0.1, 0.15) is 31.4 Å². The normalized spacial score (nSPS) is 16.8. The molecule has 1 rings (SSSR count). The predicted molar refractivity (Wildman–Crippen MR) is 72.0 cm³/mol. The fraction of sp³-hybridized carbons (Fsp3) is 0.571. The molecule has 3 nitrogen and oxygen atoms in total. The number of hydrazine groups is 1. The van der Waals surface area contributed by atoms with Gasteiger partial charge in [-0.05, 0) is 31.4 Å². The van der Waals surface area contributed by atoms with Crippen LogP contribution in [-0.4, -0.2) is 18.8 Å². The second-order valence-corrected chi connectivity index (χ2v) is 4.99. The third kappa shape index (κ3) is 3.94. The first-order valence-corrected chi connectivity index (χ1v) is 6.44. The van der Waals surface area contributed by atoms with Gasteiger partial charge in [0.05, 0.1) is 17.2 Å². The number of methoxy groups -OCH3 is 1. The van der Waals surface area contributed by atoms with Gasteiger partial charge in [0.2, 0.25) is 0 Å². The van der Waals surface area contributed by atoms with Crippen LogP contribution >= 0.6 is 0 Å². The lowest BCUT2D eigenvalue weighted by atomic mass is 9.88. The van der Waals surface area contributed by atoms with Crippen LogP contribution in [0.4, 0.5) is 13.2 Å². The minimum absolute atomic E-state index is 0.277. The zero-order chi connectivity index (χ0) is 15.4. The highest BCUT2D eigenvalue weighted by atomic mass is 19.4. The molecule has 0 aliphatic heterocycles. The van der Waals surface area contributed by atoms with Crippen LogP contribution in [0.25, 0.3) is 0 Å². The summed E-state index contributed by atoms with van der Waals surface area (Å²) in [5, 5.41) is 0. The van der Waals surface area contributed by atoms with Gasteiger partial charge in [0.15, 0.2) is 0 Å². The van der Waals surface area contributed by atoms with Gasteiger partial charge >= 0.3 is 6.18 Å². The molecule has 2 unspecified atom stereocenters. The van der Waals surface area contributed by atoms with E-state index in [9.17, 15) is 13.2 Å². The molecule has 0 fully saturated rings. The molecule has 0 aliphatic rings. The van der Waals surface area contributed by atoms with Crippen molar-refractivity contribution in [2.24, 2.45) is 5.84 Å². The Kier molecular flexibility index (Phi) is 5.56. The van der Waals surface area contributed by atoms with Gasteiger partial charge in [-0.2, -0.15) is 13.2 Å². The van der Waals surface area contributed by atoms with Crippen molar-refractivity contribution in [2.45, 2.75) is 44.5 Å². The molecule has 0 spiro atoms. The van der Waals surface area contributed by atoms with Gasteiger partial charge < -0.3 is 4.74 Å². The van der Waals surface area contributed by atoms with E-state index in [1.54, 1.807) is 13.2 Å². The van der Waals surface area contributed by atoms with E-state index in [1.807, 2.05) is 13.8 Å². The molecule has 1 aromatic rings. The largest absolute Gasteiger partial charge is 0.416 e. The maximum Gasteiger partial charge on any atom is 0.416 e. The number of alkyl halides is 3. The molecule has 2 atom stereocenters. The van der Waals surface area contributed by atoms with Crippen LogP contribution in [0, 0.1) is 0 Å². The van der Waals surface area contributed by atoms with Gasteiger partial charge in [-0.1, -0.05) is 25.1 Å². The average Bonchev–Trinajstić information content (AvgIpc) is 2.43. The molecule has 0 saturated carbocycles. The summed E-state index contributed by atoms with van der Waals surface area (Å²) in [5.74, 6) is 5.53. The minimum Gasteiger partial charge on any atom is -0.377 e. The molecule has 0 bridgehead atoms. The Morgan fingerprint density at radius 1 is 1.35 bits per heavy atom. The zero-order valence-corrected chi connectivity index (χ0v) is 11.9. The zero-order valence-electron chi connectivity index (χ0n) is 11.9. The first kappa shape index (κ1) is 16.9. The number of halogens is 3. The smallest absolute Gasteiger partial charge is 0.377 e. The van der Waals surface area contributed by atoms with Crippen LogP contribution in [-0.2, 0) is 17.3 Å². The molecule has 0 aromatic heterocycles. The minimum atomic E-state index is -4.34. The Morgan fingerprint density at radius 2 is 2.00 bits per heavy atom. The average molecular weight is 290 g/mol. The van der Waals surface area contributed by atoms with Crippen LogP contribution in [0.2, 0.25) is 0 Å². The fourth-order valence-electron chi connectivity index (χ4n) is 2.09. The molecule has 0 heterocycles. The van der Waals surface area contributed by atoms with E-state index < -0.39 is 17.3 Å². The number of hydrogen-bond donors (Lipinski definition) is 2.